The Kier molecular flexibility index (Phi) is 4.62. The van der Waals surface area contributed by atoms with Gasteiger partial charge in [0, 0.05) is 24.3 Å². The molecule has 124 valence electrons. The van der Waals surface area contributed by atoms with Crippen LogP contribution in [0.15, 0.2) is 48.5 Å². The fourth-order valence-electron chi connectivity index (χ4n) is 2.94. The zero-order valence-corrected chi connectivity index (χ0v) is 13.9. The van der Waals surface area contributed by atoms with Gasteiger partial charge in [-0.05, 0) is 44.2 Å². The molecule has 0 unspecified atom stereocenters. The number of para-hydroxylation sites is 1. The molecule has 5 heteroatoms. The van der Waals surface area contributed by atoms with Crippen LogP contribution in [-0.2, 0) is 0 Å². The average molecular weight is 323 g/mol. The summed E-state index contributed by atoms with van der Waals surface area (Å²) in [6.45, 7) is 4.72. The Morgan fingerprint density at radius 2 is 1.96 bits per heavy atom. The number of aryl methyl sites for hydroxylation is 1. The van der Waals surface area contributed by atoms with Crippen molar-refractivity contribution in [2.24, 2.45) is 0 Å². The highest BCUT2D eigenvalue weighted by Crippen LogP contribution is 2.22. The summed E-state index contributed by atoms with van der Waals surface area (Å²) in [4.78, 5) is 18.8. The van der Waals surface area contributed by atoms with E-state index in [9.17, 15) is 4.79 Å². The lowest BCUT2D eigenvalue weighted by Gasteiger charge is -2.19. The van der Waals surface area contributed by atoms with Crippen molar-refractivity contribution in [1.82, 2.24) is 14.5 Å². The molecule has 1 heterocycles. The minimum atomic E-state index is -0.0830. The predicted molar refractivity (Wildman–Crippen MR) is 94.5 cm³/mol. The van der Waals surface area contributed by atoms with Gasteiger partial charge in [0.05, 0.1) is 17.6 Å². The van der Waals surface area contributed by atoms with E-state index >= 15 is 0 Å². The molecule has 0 aliphatic carbocycles. The molecule has 3 rings (SSSR count). The Morgan fingerprint density at radius 3 is 2.62 bits per heavy atom. The van der Waals surface area contributed by atoms with Crippen molar-refractivity contribution < 1.29 is 9.90 Å². The first-order valence-corrected chi connectivity index (χ1v) is 8.10. The summed E-state index contributed by atoms with van der Waals surface area (Å²) >= 11 is 0. The molecule has 0 aliphatic heterocycles. The molecule has 2 aromatic carbocycles. The molecule has 0 bridgehead atoms. The van der Waals surface area contributed by atoms with Crippen LogP contribution in [0.4, 0.5) is 0 Å². The summed E-state index contributed by atoms with van der Waals surface area (Å²) in [5.74, 6) is 0.795. The maximum atomic E-state index is 12.6. The Hall–Kier alpha value is -2.66. The van der Waals surface area contributed by atoms with E-state index in [4.69, 9.17) is 5.11 Å². The number of aliphatic hydroxyl groups is 1. The van der Waals surface area contributed by atoms with Crippen LogP contribution in [0.2, 0.25) is 0 Å². The number of carbonyl (C=O) groups is 1. The predicted octanol–water partition coefficient (Wildman–Crippen LogP) is 2.79. The third-order valence-electron chi connectivity index (χ3n) is 4.12. The fourth-order valence-corrected chi connectivity index (χ4v) is 2.94. The largest absolute Gasteiger partial charge is 0.395 e. The van der Waals surface area contributed by atoms with Gasteiger partial charge in [0.1, 0.15) is 5.82 Å². The van der Waals surface area contributed by atoms with Gasteiger partial charge >= 0.3 is 0 Å². The van der Waals surface area contributed by atoms with Gasteiger partial charge in [0.25, 0.3) is 5.91 Å². The van der Waals surface area contributed by atoms with Crippen LogP contribution in [0.3, 0.4) is 0 Å². The summed E-state index contributed by atoms with van der Waals surface area (Å²) in [7, 11) is 0. The van der Waals surface area contributed by atoms with Crippen LogP contribution in [0.1, 0.15) is 23.1 Å². The van der Waals surface area contributed by atoms with E-state index < -0.39 is 0 Å². The molecule has 0 radical (unpaired) electrons. The lowest BCUT2D eigenvalue weighted by atomic mass is 10.1. The molecule has 1 amide bonds. The zero-order valence-electron chi connectivity index (χ0n) is 13.9. The molecule has 0 atom stereocenters. The number of amides is 1. The molecule has 1 N–H and O–H groups in total. The van der Waals surface area contributed by atoms with Gasteiger partial charge in [0.2, 0.25) is 0 Å². The topological polar surface area (TPSA) is 58.4 Å². The number of hydrogen-bond donors (Lipinski definition) is 1. The van der Waals surface area contributed by atoms with E-state index in [-0.39, 0.29) is 12.5 Å². The van der Waals surface area contributed by atoms with Crippen molar-refractivity contribution in [2.75, 3.05) is 19.7 Å². The van der Waals surface area contributed by atoms with Crippen LogP contribution in [0.5, 0.6) is 0 Å². The van der Waals surface area contributed by atoms with Crippen LogP contribution in [0, 0.1) is 6.92 Å². The van der Waals surface area contributed by atoms with Gasteiger partial charge < -0.3 is 10.0 Å². The van der Waals surface area contributed by atoms with E-state index in [0.717, 1.165) is 22.5 Å². The number of nitrogens with zero attached hydrogens (tertiary/aromatic N) is 3. The summed E-state index contributed by atoms with van der Waals surface area (Å²) in [5, 5.41) is 9.09. The lowest BCUT2D eigenvalue weighted by Crippen LogP contribution is -2.33. The number of hydrogen-bond acceptors (Lipinski definition) is 3. The van der Waals surface area contributed by atoms with Gasteiger partial charge in [-0.3, -0.25) is 9.36 Å². The fraction of sp³-hybridized carbons (Fsp3) is 0.263. The second kappa shape index (κ2) is 6.84. The smallest absolute Gasteiger partial charge is 0.254 e. The molecule has 24 heavy (non-hydrogen) atoms. The van der Waals surface area contributed by atoms with Crippen molar-refractivity contribution in [3.05, 3.63) is 59.9 Å². The van der Waals surface area contributed by atoms with Crippen LogP contribution >= 0.6 is 0 Å². The van der Waals surface area contributed by atoms with E-state index in [2.05, 4.69) is 9.55 Å². The van der Waals surface area contributed by atoms with E-state index in [0.29, 0.717) is 18.7 Å². The molecule has 1 aromatic heterocycles. The number of aliphatic hydroxyl groups excluding tert-OH is 1. The van der Waals surface area contributed by atoms with Crippen molar-refractivity contribution >= 4 is 16.9 Å². The molecule has 0 aliphatic rings. The summed E-state index contributed by atoms with van der Waals surface area (Å²) in [6.07, 6.45) is 0. The third kappa shape index (κ3) is 2.90. The van der Waals surface area contributed by atoms with Crippen molar-refractivity contribution in [1.29, 1.82) is 0 Å². The summed E-state index contributed by atoms with van der Waals surface area (Å²) in [5.41, 5.74) is 3.41. The molecule has 0 saturated heterocycles. The number of aromatic nitrogens is 2. The Balaban J connectivity index is 2.03. The molecule has 5 nitrogen and oxygen atoms in total. The number of rotatable bonds is 5. The van der Waals surface area contributed by atoms with Crippen molar-refractivity contribution in [3.8, 4) is 5.69 Å². The highest BCUT2D eigenvalue weighted by Gasteiger charge is 2.16. The number of likely N-dealkylation sites (N-methyl/N-ethyl adjacent to an activating group) is 1. The van der Waals surface area contributed by atoms with E-state index in [1.165, 1.54) is 0 Å². The van der Waals surface area contributed by atoms with Gasteiger partial charge in [-0.15, -0.1) is 0 Å². The average Bonchev–Trinajstić information content (AvgIpc) is 2.94. The SMILES string of the molecule is CCN(CCO)C(=O)c1ccc2c(c1)nc(C)n2-c1ccccc1. The standard InChI is InChI=1S/C19H21N3O2/c1-3-21(11-12-23)19(24)15-9-10-18-17(13-15)20-14(2)22(18)16-7-5-4-6-8-16/h4-10,13,23H,3,11-12H2,1-2H3. The van der Waals surface area contributed by atoms with Crippen molar-refractivity contribution in [2.45, 2.75) is 13.8 Å². The first kappa shape index (κ1) is 16.2. The molecule has 0 saturated carbocycles. The Labute approximate surface area is 141 Å². The first-order chi connectivity index (χ1) is 11.7. The second-order valence-corrected chi connectivity index (χ2v) is 5.64. The van der Waals surface area contributed by atoms with E-state index in [1.807, 2.05) is 62.4 Å². The van der Waals surface area contributed by atoms with Gasteiger partial charge in [-0.2, -0.15) is 0 Å². The molecular formula is C19H21N3O2. The minimum Gasteiger partial charge on any atom is -0.395 e. The maximum absolute atomic E-state index is 12.6. The Morgan fingerprint density at radius 1 is 1.21 bits per heavy atom. The first-order valence-electron chi connectivity index (χ1n) is 8.10. The number of imidazole rings is 1. The minimum absolute atomic E-state index is 0.0381. The monoisotopic (exact) mass is 323 g/mol. The van der Waals surface area contributed by atoms with Crippen molar-refractivity contribution in [3.63, 3.8) is 0 Å². The summed E-state index contributed by atoms with van der Waals surface area (Å²) < 4.78 is 2.08. The van der Waals surface area contributed by atoms with Gasteiger partial charge in [0.15, 0.2) is 0 Å². The highest BCUT2D eigenvalue weighted by molar-refractivity contribution is 5.97. The van der Waals surface area contributed by atoms with E-state index in [1.54, 1.807) is 4.90 Å². The number of fused-ring (bicyclic) bond motifs is 1. The highest BCUT2D eigenvalue weighted by atomic mass is 16.3. The molecular weight excluding hydrogens is 302 g/mol. The van der Waals surface area contributed by atoms with Crippen LogP contribution in [-0.4, -0.2) is 45.2 Å². The molecule has 0 fully saturated rings. The van der Waals surface area contributed by atoms with Crippen LogP contribution in [0.25, 0.3) is 16.7 Å². The number of benzene rings is 2. The molecule has 3 aromatic rings. The van der Waals surface area contributed by atoms with Gasteiger partial charge in [-0.1, -0.05) is 18.2 Å². The maximum Gasteiger partial charge on any atom is 0.254 e. The van der Waals surface area contributed by atoms with Crippen LogP contribution < -0.4 is 0 Å². The quantitative estimate of drug-likeness (QED) is 0.785. The third-order valence-corrected chi connectivity index (χ3v) is 4.12. The Bertz CT molecular complexity index is 856. The normalized spacial score (nSPS) is 11.0. The lowest BCUT2D eigenvalue weighted by molar-refractivity contribution is 0.0732. The number of carbonyl (C=O) groups excluding carboxylic acids is 1. The van der Waals surface area contributed by atoms with Gasteiger partial charge in [-0.25, -0.2) is 4.98 Å². The zero-order chi connectivity index (χ0) is 17.1. The summed E-state index contributed by atoms with van der Waals surface area (Å²) in [6, 6.07) is 15.6. The molecule has 0 spiro atoms. The second-order valence-electron chi connectivity index (χ2n) is 5.64.